The lowest BCUT2D eigenvalue weighted by molar-refractivity contribution is -0.161. The molecule has 0 aromatic heterocycles. The molecule has 0 fully saturated rings. The van der Waals surface area contributed by atoms with Gasteiger partial charge >= 0.3 is 39.5 Å². The van der Waals surface area contributed by atoms with E-state index in [1.165, 1.54) is 199 Å². The van der Waals surface area contributed by atoms with Crippen molar-refractivity contribution in [3.05, 3.63) is 0 Å². The summed E-state index contributed by atoms with van der Waals surface area (Å²) < 4.78 is 68.6. The molecular weight excluding hydrogens is 1260 g/mol. The highest BCUT2D eigenvalue weighted by molar-refractivity contribution is 7.47. The first-order valence-electron chi connectivity index (χ1n) is 39.8. The zero-order valence-corrected chi connectivity index (χ0v) is 64.6. The van der Waals surface area contributed by atoms with Crippen molar-refractivity contribution in [3.63, 3.8) is 0 Å². The summed E-state index contributed by atoms with van der Waals surface area (Å²) >= 11 is 0. The summed E-state index contributed by atoms with van der Waals surface area (Å²) in [6.45, 7) is 11.9. The lowest BCUT2D eigenvalue weighted by Crippen LogP contribution is -2.30. The summed E-state index contributed by atoms with van der Waals surface area (Å²) in [5, 5.41) is 10.6. The van der Waals surface area contributed by atoms with Gasteiger partial charge < -0.3 is 33.8 Å². The van der Waals surface area contributed by atoms with E-state index in [0.29, 0.717) is 31.6 Å². The maximum atomic E-state index is 13.1. The van der Waals surface area contributed by atoms with Gasteiger partial charge in [0.15, 0.2) is 12.2 Å². The second-order valence-corrected chi connectivity index (χ2v) is 32.1. The van der Waals surface area contributed by atoms with E-state index in [-0.39, 0.29) is 25.7 Å². The van der Waals surface area contributed by atoms with Gasteiger partial charge in [-0.25, -0.2) is 9.13 Å². The van der Waals surface area contributed by atoms with Crippen LogP contribution in [0.15, 0.2) is 0 Å². The Labute approximate surface area is 588 Å². The van der Waals surface area contributed by atoms with E-state index in [0.717, 1.165) is 108 Å². The normalized spacial score (nSPS) is 14.1. The molecule has 0 saturated heterocycles. The topological polar surface area (TPSA) is 237 Å². The van der Waals surface area contributed by atoms with Crippen LogP contribution in [0.4, 0.5) is 0 Å². The van der Waals surface area contributed by atoms with Crippen LogP contribution in [0, 0.1) is 17.8 Å². The average Bonchev–Trinajstić information content (AvgIpc) is 1.34. The number of carbonyl (C=O) groups is 4. The van der Waals surface area contributed by atoms with E-state index in [4.69, 9.17) is 37.0 Å². The summed E-state index contributed by atoms with van der Waals surface area (Å²) in [7, 11) is -9.91. The number of aliphatic hydroxyl groups is 1. The largest absolute Gasteiger partial charge is 0.472 e. The Morgan fingerprint density at radius 2 is 0.479 bits per heavy atom. The molecule has 0 aliphatic carbocycles. The van der Waals surface area contributed by atoms with Gasteiger partial charge in [-0.05, 0) is 43.4 Å². The molecule has 3 N–H and O–H groups in total. The third-order valence-corrected chi connectivity index (χ3v) is 19.8. The highest BCUT2D eigenvalue weighted by Gasteiger charge is 2.30. The van der Waals surface area contributed by atoms with Gasteiger partial charge in [0.1, 0.15) is 19.3 Å². The van der Waals surface area contributed by atoms with Crippen molar-refractivity contribution in [1.82, 2.24) is 0 Å². The van der Waals surface area contributed by atoms with Crippen molar-refractivity contribution in [3.8, 4) is 0 Å². The first-order chi connectivity index (χ1) is 46.2. The van der Waals surface area contributed by atoms with Crippen LogP contribution in [0.2, 0.25) is 0 Å². The fraction of sp³-hybridized carbons (Fsp3) is 0.948. The Morgan fingerprint density at radius 1 is 0.281 bits per heavy atom. The molecular formula is C77H150O17P2. The number of ether oxygens (including phenoxy) is 4. The zero-order valence-electron chi connectivity index (χ0n) is 62.8. The first kappa shape index (κ1) is 94.1. The van der Waals surface area contributed by atoms with Gasteiger partial charge in [0.25, 0.3) is 0 Å². The second kappa shape index (κ2) is 67.5. The molecule has 0 spiro atoms. The summed E-state index contributed by atoms with van der Waals surface area (Å²) in [5.74, 6) is 0.136. The third kappa shape index (κ3) is 70.5. The van der Waals surface area contributed by atoms with Crippen molar-refractivity contribution in [1.29, 1.82) is 0 Å². The Bertz CT molecular complexity index is 1870. The van der Waals surface area contributed by atoms with Gasteiger partial charge in [0.05, 0.1) is 26.4 Å². The molecule has 0 radical (unpaired) electrons. The molecule has 0 saturated carbocycles. The molecule has 96 heavy (non-hydrogen) atoms. The minimum Gasteiger partial charge on any atom is -0.462 e. The number of carbonyl (C=O) groups excluding carboxylic acids is 4. The van der Waals surface area contributed by atoms with Crippen molar-refractivity contribution in [2.24, 2.45) is 17.8 Å². The number of esters is 4. The molecule has 0 aliphatic rings. The Hall–Kier alpha value is -1.94. The summed E-state index contributed by atoms with van der Waals surface area (Å²) in [6.07, 6.45) is 54.1. The lowest BCUT2D eigenvalue weighted by atomic mass is 10.0. The zero-order chi connectivity index (χ0) is 70.9. The Morgan fingerprint density at radius 3 is 0.708 bits per heavy atom. The molecule has 17 nitrogen and oxygen atoms in total. The fourth-order valence-electron chi connectivity index (χ4n) is 11.8. The number of hydrogen-bond donors (Lipinski definition) is 3. The van der Waals surface area contributed by atoms with E-state index < -0.39 is 97.5 Å². The number of hydrogen-bond acceptors (Lipinski definition) is 15. The van der Waals surface area contributed by atoms with E-state index in [2.05, 4.69) is 48.5 Å². The van der Waals surface area contributed by atoms with Gasteiger partial charge in [-0.2, -0.15) is 0 Å². The molecule has 0 aromatic carbocycles. The summed E-state index contributed by atoms with van der Waals surface area (Å²) in [6, 6.07) is 0. The Kier molecular flexibility index (Phi) is 66.2. The molecule has 19 heteroatoms. The molecule has 2 unspecified atom stereocenters. The lowest BCUT2D eigenvalue weighted by Gasteiger charge is -2.21. The highest BCUT2D eigenvalue weighted by Crippen LogP contribution is 2.45. The highest BCUT2D eigenvalue weighted by atomic mass is 31.2. The quantitative estimate of drug-likeness (QED) is 0.0222. The van der Waals surface area contributed by atoms with E-state index in [9.17, 15) is 43.2 Å². The minimum absolute atomic E-state index is 0.106. The van der Waals surface area contributed by atoms with Crippen molar-refractivity contribution < 1.29 is 80.2 Å². The smallest absolute Gasteiger partial charge is 0.462 e. The third-order valence-electron chi connectivity index (χ3n) is 17.9. The molecule has 0 amide bonds. The van der Waals surface area contributed by atoms with Crippen molar-refractivity contribution in [2.75, 3.05) is 39.6 Å². The second-order valence-electron chi connectivity index (χ2n) is 29.2. The number of unbranched alkanes of at least 4 members (excludes halogenated alkanes) is 43. The molecule has 0 bridgehead atoms. The standard InChI is InChI=1S/C77H150O17P2/c1-8-9-10-11-12-13-14-15-16-17-18-19-26-31-38-46-53-60-76(81)93-72(64-87-74(79)58-51-44-37-30-25-21-20-23-28-34-41-48-55-68(2)3)66-91-95(83,84)89-62-71(78)63-90-96(85,86)92-67-73(65-88-75(80)59-52-45-40-33-36-43-50-57-70(6)7)94-77(82)61-54-47-39-32-27-22-24-29-35-42-49-56-69(4)5/h68-73,78H,8-67H2,1-7H3,(H,83,84)(H,85,86)/t71-,72-,73-/m1/s1. The predicted octanol–water partition coefficient (Wildman–Crippen LogP) is 22.6. The maximum Gasteiger partial charge on any atom is 0.472 e. The minimum atomic E-state index is -4.96. The van der Waals surface area contributed by atoms with Gasteiger partial charge in [-0.3, -0.25) is 37.3 Å². The number of phosphoric ester groups is 2. The van der Waals surface area contributed by atoms with Crippen LogP contribution in [0.1, 0.15) is 395 Å². The predicted molar refractivity (Wildman–Crippen MR) is 391 cm³/mol. The summed E-state index contributed by atoms with van der Waals surface area (Å²) in [4.78, 5) is 72.9. The van der Waals surface area contributed by atoms with Crippen LogP contribution in [0.25, 0.3) is 0 Å². The van der Waals surface area contributed by atoms with Gasteiger partial charge in [0.2, 0.25) is 0 Å². The molecule has 0 heterocycles. The first-order valence-corrected chi connectivity index (χ1v) is 42.8. The molecule has 0 aliphatic heterocycles. The van der Waals surface area contributed by atoms with E-state index in [1.54, 1.807) is 0 Å². The van der Waals surface area contributed by atoms with Crippen LogP contribution in [0.3, 0.4) is 0 Å². The number of aliphatic hydroxyl groups excluding tert-OH is 1. The van der Waals surface area contributed by atoms with E-state index >= 15 is 0 Å². The monoisotopic (exact) mass is 1410 g/mol. The molecule has 5 atom stereocenters. The van der Waals surface area contributed by atoms with Gasteiger partial charge in [-0.15, -0.1) is 0 Å². The maximum absolute atomic E-state index is 13.1. The molecule has 570 valence electrons. The molecule has 0 rings (SSSR count). The summed E-state index contributed by atoms with van der Waals surface area (Å²) in [5.41, 5.74) is 0. The van der Waals surface area contributed by atoms with Crippen molar-refractivity contribution >= 4 is 39.5 Å². The Balaban J connectivity index is 5.25. The van der Waals surface area contributed by atoms with Crippen molar-refractivity contribution in [2.45, 2.75) is 414 Å². The van der Waals surface area contributed by atoms with Crippen LogP contribution in [-0.4, -0.2) is 96.7 Å². The van der Waals surface area contributed by atoms with Gasteiger partial charge in [0, 0.05) is 25.7 Å². The number of rotatable bonds is 75. The van der Waals surface area contributed by atoms with Crippen LogP contribution in [0.5, 0.6) is 0 Å². The van der Waals surface area contributed by atoms with E-state index in [1.807, 2.05) is 0 Å². The van der Waals surface area contributed by atoms with Crippen LogP contribution in [-0.2, 0) is 65.4 Å². The van der Waals surface area contributed by atoms with Crippen LogP contribution < -0.4 is 0 Å². The fourth-order valence-corrected chi connectivity index (χ4v) is 13.4. The number of phosphoric acid groups is 2. The SMILES string of the molecule is CCCCCCCCCCCCCCCCCCCC(=O)O[C@H](COC(=O)CCCCCCCCCCCCCCC(C)C)COP(=O)(O)OC[C@@H](O)COP(=O)(O)OC[C@@H](COC(=O)CCCCCCCCCC(C)C)OC(=O)CCCCCCCCCCCCCC(C)C. The van der Waals surface area contributed by atoms with Gasteiger partial charge in [-0.1, -0.05) is 344 Å². The van der Waals surface area contributed by atoms with Crippen LogP contribution >= 0.6 is 15.6 Å². The average molecular weight is 1410 g/mol. The molecule has 0 aromatic rings.